The third kappa shape index (κ3) is 6.73. The Morgan fingerprint density at radius 2 is 1.90 bits per heavy atom. The Kier molecular flexibility index (Phi) is 8.92. The van der Waals surface area contributed by atoms with Crippen LogP contribution in [0.15, 0.2) is 67.0 Å². The standard InChI is InChI=1S/C31H35N5O4S/c1-20-16-36(17-22-11-13-32-14-12-22)21(2)19-40-26-10-9-23(15-24(26)31(38)35(3)18-27(20)39-4)33-29(37)30-34-25-7-5-6-8-28(25)41-30/h5-15,20-21,27H,16-19H2,1-4H3,(H,33,37)/t20-,21+,27+/m0/s1. The van der Waals surface area contributed by atoms with E-state index in [0.717, 1.165) is 23.3 Å². The number of anilines is 1. The molecule has 1 aliphatic heterocycles. The fourth-order valence-electron chi connectivity index (χ4n) is 5.03. The maximum atomic E-state index is 13.7. The molecule has 0 radical (unpaired) electrons. The molecule has 41 heavy (non-hydrogen) atoms. The molecule has 2 aromatic carbocycles. The van der Waals surface area contributed by atoms with E-state index in [1.54, 1.807) is 49.7 Å². The van der Waals surface area contributed by atoms with Gasteiger partial charge in [0.05, 0.1) is 21.9 Å². The summed E-state index contributed by atoms with van der Waals surface area (Å²) in [6, 6.07) is 16.9. The van der Waals surface area contributed by atoms with Crippen molar-refractivity contribution in [3.63, 3.8) is 0 Å². The minimum atomic E-state index is -0.324. The number of aromatic nitrogens is 2. The summed E-state index contributed by atoms with van der Waals surface area (Å²) in [6.07, 6.45) is 3.44. The van der Waals surface area contributed by atoms with Gasteiger partial charge in [0.2, 0.25) is 0 Å². The summed E-state index contributed by atoms with van der Waals surface area (Å²) in [7, 11) is 3.45. The molecule has 0 saturated heterocycles. The van der Waals surface area contributed by atoms with Gasteiger partial charge in [-0.1, -0.05) is 19.1 Å². The van der Waals surface area contributed by atoms with Crippen LogP contribution >= 0.6 is 11.3 Å². The topological polar surface area (TPSA) is 96.9 Å². The van der Waals surface area contributed by atoms with E-state index in [-0.39, 0.29) is 29.9 Å². The molecule has 0 aliphatic carbocycles. The van der Waals surface area contributed by atoms with Crippen molar-refractivity contribution in [1.82, 2.24) is 19.8 Å². The minimum absolute atomic E-state index is 0.0571. The lowest BCUT2D eigenvalue weighted by molar-refractivity contribution is 0.00921. The molecule has 9 nitrogen and oxygen atoms in total. The smallest absolute Gasteiger partial charge is 0.284 e. The fraction of sp³-hybridized carbons (Fsp3) is 0.355. The van der Waals surface area contributed by atoms with Gasteiger partial charge in [-0.15, -0.1) is 11.3 Å². The van der Waals surface area contributed by atoms with Crippen molar-refractivity contribution in [3.05, 3.63) is 83.1 Å². The van der Waals surface area contributed by atoms with E-state index >= 15 is 0 Å². The predicted molar refractivity (Wildman–Crippen MR) is 161 cm³/mol. The highest BCUT2D eigenvalue weighted by atomic mass is 32.1. The van der Waals surface area contributed by atoms with Crippen molar-refractivity contribution in [2.45, 2.75) is 32.5 Å². The van der Waals surface area contributed by atoms with Crippen LogP contribution in [-0.2, 0) is 11.3 Å². The maximum absolute atomic E-state index is 13.7. The molecule has 5 rings (SSSR count). The van der Waals surface area contributed by atoms with Crippen LogP contribution in [0, 0.1) is 5.92 Å². The summed E-state index contributed by atoms with van der Waals surface area (Å²) in [5.74, 6) is 0.0953. The van der Waals surface area contributed by atoms with Gasteiger partial charge in [-0.2, -0.15) is 0 Å². The lowest BCUT2D eigenvalue weighted by Crippen LogP contribution is -2.46. The second-order valence-corrected chi connectivity index (χ2v) is 11.6. The van der Waals surface area contributed by atoms with E-state index in [4.69, 9.17) is 9.47 Å². The van der Waals surface area contributed by atoms with Crippen molar-refractivity contribution in [2.75, 3.05) is 39.2 Å². The Labute approximate surface area is 244 Å². The Hall–Kier alpha value is -3.86. The Bertz CT molecular complexity index is 1480. The molecule has 214 valence electrons. The molecular formula is C31H35N5O4S. The minimum Gasteiger partial charge on any atom is -0.491 e. The molecule has 0 unspecified atom stereocenters. The van der Waals surface area contributed by atoms with Gasteiger partial charge in [0.1, 0.15) is 12.4 Å². The summed E-state index contributed by atoms with van der Waals surface area (Å²) in [5.41, 5.74) is 2.82. The van der Waals surface area contributed by atoms with E-state index in [9.17, 15) is 9.59 Å². The summed E-state index contributed by atoms with van der Waals surface area (Å²) < 4.78 is 13.1. The Morgan fingerprint density at radius 1 is 1.12 bits per heavy atom. The van der Waals surface area contributed by atoms with Crippen LogP contribution < -0.4 is 10.1 Å². The number of amides is 2. The zero-order valence-corrected chi connectivity index (χ0v) is 24.6. The van der Waals surface area contributed by atoms with Crippen molar-refractivity contribution in [3.8, 4) is 5.75 Å². The van der Waals surface area contributed by atoms with Crippen molar-refractivity contribution >= 4 is 39.1 Å². The second-order valence-electron chi connectivity index (χ2n) is 10.5. The van der Waals surface area contributed by atoms with Gasteiger partial charge in [-0.05, 0) is 60.9 Å². The quantitative estimate of drug-likeness (QED) is 0.361. The van der Waals surface area contributed by atoms with Gasteiger partial charge in [-0.25, -0.2) is 4.98 Å². The molecule has 3 heterocycles. The molecule has 0 saturated carbocycles. The number of thiazole rings is 1. The van der Waals surface area contributed by atoms with Crippen LogP contribution in [0.3, 0.4) is 0 Å². The molecule has 0 fully saturated rings. The van der Waals surface area contributed by atoms with E-state index in [1.807, 2.05) is 36.4 Å². The summed E-state index contributed by atoms with van der Waals surface area (Å²) in [6.45, 7) is 6.59. The van der Waals surface area contributed by atoms with Crippen molar-refractivity contribution < 1.29 is 19.1 Å². The van der Waals surface area contributed by atoms with Crippen LogP contribution in [0.2, 0.25) is 0 Å². The highest BCUT2D eigenvalue weighted by Gasteiger charge is 2.28. The molecular weight excluding hydrogens is 538 g/mol. The zero-order chi connectivity index (χ0) is 28.9. The normalized spacial score (nSPS) is 20.5. The number of methoxy groups -OCH3 is 1. The van der Waals surface area contributed by atoms with Gasteiger partial charge in [0, 0.05) is 57.9 Å². The van der Waals surface area contributed by atoms with E-state index in [1.165, 1.54) is 16.9 Å². The number of likely N-dealkylation sites (N-methyl/N-ethyl adjacent to an activating group) is 1. The van der Waals surface area contributed by atoms with Gasteiger partial charge in [0.15, 0.2) is 5.01 Å². The number of nitrogens with one attached hydrogen (secondary N) is 1. The first-order valence-corrected chi connectivity index (χ1v) is 14.5. The van der Waals surface area contributed by atoms with Gasteiger partial charge >= 0.3 is 0 Å². The Balaban J connectivity index is 1.41. The number of carbonyl (C=O) groups excluding carboxylic acids is 2. The van der Waals surface area contributed by atoms with E-state index in [2.05, 4.69) is 34.0 Å². The Morgan fingerprint density at radius 3 is 2.66 bits per heavy atom. The van der Waals surface area contributed by atoms with Gasteiger partial charge in [0.25, 0.3) is 11.8 Å². The fourth-order valence-corrected chi connectivity index (χ4v) is 5.89. The van der Waals surface area contributed by atoms with Gasteiger partial charge in [-0.3, -0.25) is 19.5 Å². The molecule has 0 spiro atoms. The molecule has 0 bridgehead atoms. The number of ether oxygens (including phenoxy) is 2. The SMILES string of the molecule is CO[C@@H]1CN(C)C(=O)c2cc(NC(=O)c3nc4ccccc4s3)ccc2OC[C@@H](C)N(Cc2ccncc2)C[C@@H]1C. The highest BCUT2D eigenvalue weighted by molar-refractivity contribution is 7.20. The molecule has 1 aliphatic rings. The van der Waals surface area contributed by atoms with Crippen LogP contribution in [0.4, 0.5) is 5.69 Å². The van der Waals surface area contributed by atoms with Crippen LogP contribution in [0.1, 0.15) is 39.6 Å². The molecule has 1 N–H and O–H groups in total. The van der Waals surface area contributed by atoms with Crippen LogP contribution in [-0.4, -0.2) is 77.6 Å². The second kappa shape index (κ2) is 12.8. The van der Waals surface area contributed by atoms with Gasteiger partial charge < -0.3 is 19.7 Å². The van der Waals surface area contributed by atoms with Crippen LogP contribution in [0.25, 0.3) is 10.2 Å². The average molecular weight is 574 g/mol. The van der Waals surface area contributed by atoms with E-state index < -0.39 is 0 Å². The van der Waals surface area contributed by atoms with Crippen molar-refractivity contribution in [2.24, 2.45) is 5.92 Å². The lowest BCUT2D eigenvalue weighted by atomic mass is 10.0. The number of nitrogens with zero attached hydrogens (tertiary/aromatic N) is 4. The number of benzene rings is 2. The summed E-state index contributed by atoms with van der Waals surface area (Å²) in [4.78, 5) is 39.3. The van der Waals surface area contributed by atoms with Crippen molar-refractivity contribution in [1.29, 1.82) is 0 Å². The largest absolute Gasteiger partial charge is 0.491 e. The monoisotopic (exact) mass is 573 g/mol. The number of rotatable bonds is 5. The first kappa shape index (κ1) is 28.7. The molecule has 3 atom stereocenters. The number of hydrogen-bond donors (Lipinski definition) is 1. The number of carbonyl (C=O) groups is 2. The first-order valence-electron chi connectivity index (χ1n) is 13.7. The highest BCUT2D eigenvalue weighted by Crippen LogP contribution is 2.28. The number of hydrogen-bond acceptors (Lipinski definition) is 8. The van der Waals surface area contributed by atoms with Crippen LogP contribution in [0.5, 0.6) is 5.75 Å². The molecule has 2 aromatic heterocycles. The summed E-state index contributed by atoms with van der Waals surface area (Å²) in [5, 5.41) is 3.27. The third-order valence-electron chi connectivity index (χ3n) is 7.45. The lowest BCUT2D eigenvalue weighted by Gasteiger charge is -2.36. The average Bonchev–Trinajstić information content (AvgIpc) is 3.43. The molecule has 4 aromatic rings. The van der Waals surface area contributed by atoms with E-state index in [0.29, 0.717) is 35.2 Å². The predicted octanol–water partition coefficient (Wildman–Crippen LogP) is 4.95. The number of fused-ring (bicyclic) bond motifs is 2. The molecule has 10 heteroatoms. The first-order chi connectivity index (χ1) is 19.8. The number of para-hydroxylation sites is 1. The summed E-state index contributed by atoms with van der Waals surface area (Å²) >= 11 is 1.33. The third-order valence-corrected chi connectivity index (χ3v) is 8.49. The maximum Gasteiger partial charge on any atom is 0.284 e. The zero-order valence-electron chi connectivity index (χ0n) is 23.7. The number of pyridine rings is 1. The molecule has 2 amide bonds.